The topological polar surface area (TPSA) is 59.2 Å². The quantitative estimate of drug-likeness (QED) is 0.840. The Morgan fingerprint density at radius 1 is 1.29 bits per heavy atom. The number of amides is 1. The summed E-state index contributed by atoms with van der Waals surface area (Å²) in [5, 5.41) is 1.60. The number of hydrogen-bond acceptors (Lipinski definition) is 3. The van der Waals surface area contributed by atoms with Crippen molar-refractivity contribution in [3.8, 4) is 0 Å². The molecule has 0 radical (unpaired) electrons. The predicted octanol–water partition coefficient (Wildman–Crippen LogP) is 4.07. The number of nitrogens with two attached hydrogens (primary N) is 1. The highest BCUT2D eigenvalue weighted by atomic mass is 35.5. The molecule has 2 atom stereocenters. The largest absolute Gasteiger partial charge is 0.333 e. The van der Waals surface area contributed by atoms with Crippen LogP contribution in [-0.2, 0) is 0 Å². The van der Waals surface area contributed by atoms with Crippen molar-refractivity contribution in [3.05, 3.63) is 41.0 Å². The van der Waals surface area contributed by atoms with E-state index in [1.54, 1.807) is 12.1 Å². The Hall–Kier alpha value is -1.07. The van der Waals surface area contributed by atoms with E-state index in [9.17, 15) is 4.79 Å². The van der Waals surface area contributed by atoms with E-state index in [0.717, 1.165) is 36.7 Å². The third-order valence-electron chi connectivity index (χ3n) is 4.29. The summed E-state index contributed by atoms with van der Waals surface area (Å²) in [7, 11) is 0. The van der Waals surface area contributed by atoms with Gasteiger partial charge in [-0.3, -0.25) is 4.79 Å². The minimum atomic E-state index is -0.0381. The Bertz CT molecular complexity index is 709. The van der Waals surface area contributed by atoms with Crippen LogP contribution < -0.4 is 5.73 Å². The number of nitrogens with zero attached hydrogens (tertiary/aromatic N) is 2. The van der Waals surface area contributed by atoms with E-state index in [2.05, 4.69) is 4.98 Å². The Labute approximate surface area is 159 Å². The summed E-state index contributed by atoms with van der Waals surface area (Å²) in [6.07, 6.45) is 3.11. The van der Waals surface area contributed by atoms with Crippen molar-refractivity contribution in [2.75, 3.05) is 6.54 Å². The molecule has 1 fully saturated rings. The SMILES string of the molecule is CC(N)C1CCCCN1C(=O)c1ccc2ccc(Cl)cc2n1.Cl.Cl. The van der Waals surface area contributed by atoms with Gasteiger partial charge in [0.15, 0.2) is 0 Å². The van der Waals surface area contributed by atoms with E-state index < -0.39 is 0 Å². The normalized spacial score (nSPS) is 18.5. The van der Waals surface area contributed by atoms with Crippen LogP contribution in [-0.4, -0.2) is 34.4 Å². The molecule has 1 aromatic heterocycles. The Morgan fingerprint density at radius 2 is 2.00 bits per heavy atom. The highest BCUT2D eigenvalue weighted by Crippen LogP contribution is 2.23. The highest BCUT2D eigenvalue weighted by Gasteiger charge is 2.30. The van der Waals surface area contributed by atoms with Crippen molar-refractivity contribution in [2.24, 2.45) is 5.73 Å². The van der Waals surface area contributed by atoms with Crippen molar-refractivity contribution in [3.63, 3.8) is 0 Å². The minimum absolute atomic E-state index is 0. The summed E-state index contributed by atoms with van der Waals surface area (Å²) in [5.74, 6) is -0.0381. The first-order valence-corrected chi connectivity index (χ1v) is 8.07. The number of likely N-dealkylation sites (tertiary alicyclic amines) is 1. The first-order chi connectivity index (χ1) is 10.6. The molecule has 1 saturated heterocycles. The molecule has 24 heavy (non-hydrogen) atoms. The van der Waals surface area contributed by atoms with Crippen molar-refractivity contribution in [1.82, 2.24) is 9.88 Å². The predicted molar refractivity (Wildman–Crippen MR) is 104 cm³/mol. The lowest BCUT2D eigenvalue weighted by atomic mass is 9.96. The molecule has 1 aliphatic rings. The number of rotatable bonds is 2. The van der Waals surface area contributed by atoms with Gasteiger partial charge in [-0.1, -0.05) is 23.7 Å². The lowest BCUT2D eigenvalue weighted by Gasteiger charge is -2.37. The van der Waals surface area contributed by atoms with Crippen molar-refractivity contribution >= 4 is 53.2 Å². The lowest BCUT2D eigenvalue weighted by Crippen LogP contribution is -2.51. The van der Waals surface area contributed by atoms with E-state index in [0.29, 0.717) is 10.7 Å². The molecule has 1 amide bonds. The van der Waals surface area contributed by atoms with Gasteiger partial charge in [0.05, 0.1) is 5.52 Å². The summed E-state index contributed by atoms with van der Waals surface area (Å²) >= 11 is 6.01. The molecule has 2 heterocycles. The number of pyridine rings is 1. The Kier molecular flexibility index (Phi) is 7.74. The molecule has 2 aromatic rings. The highest BCUT2D eigenvalue weighted by molar-refractivity contribution is 6.31. The van der Waals surface area contributed by atoms with Gasteiger partial charge >= 0.3 is 0 Å². The van der Waals surface area contributed by atoms with Crippen LogP contribution in [0.1, 0.15) is 36.7 Å². The van der Waals surface area contributed by atoms with Crippen LogP contribution in [0, 0.1) is 0 Å². The van der Waals surface area contributed by atoms with E-state index in [1.165, 1.54) is 0 Å². The molecule has 2 unspecified atom stereocenters. The number of hydrogen-bond donors (Lipinski definition) is 1. The second-order valence-electron chi connectivity index (χ2n) is 5.95. The number of fused-ring (bicyclic) bond motifs is 1. The van der Waals surface area contributed by atoms with Crippen molar-refractivity contribution in [1.29, 1.82) is 0 Å². The average molecular weight is 391 g/mol. The van der Waals surface area contributed by atoms with Gasteiger partial charge in [-0.05, 0) is 44.4 Å². The molecule has 0 spiro atoms. The average Bonchev–Trinajstić information content (AvgIpc) is 2.53. The maximum atomic E-state index is 12.8. The van der Waals surface area contributed by atoms with Gasteiger partial charge in [-0.2, -0.15) is 0 Å². The zero-order valence-electron chi connectivity index (χ0n) is 13.4. The number of piperidine rings is 1. The van der Waals surface area contributed by atoms with Crippen LogP contribution in [0.15, 0.2) is 30.3 Å². The molecular weight excluding hydrogens is 369 g/mol. The number of aromatic nitrogens is 1. The van der Waals surface area contributed by atoms with Crippen LogP contribution in [0.2, 0.25) is 5.02 Å². The van der Waals surface area contributed by atoms with E-state index >= 15 is 0 Å². The molecule has 1 aromatic carbocycles. The van der Waals surface area contributed by atoms with Gasteiger partial charge in [0, 0.05) is 29.0 Å². The van der Waals surface area contributed by atoms with Crippen LogP contribution in [0.25, 0.3) is 10.9 Å². The smallest absolute Gasteiger partial charge is 0.272 e. The first-order valence-electron chi connectivity index (χ1n) is 7.69. The summed E-state index contributed by atoms with van der Waals surface area (Å²) in [6, 6.07) is 9.28. The van der Waals surface area contributed by atoms with E-state index in [4.69, 9.17) is 17.3 Å². The molecule has 0 aliphatic carbocycles. The standard InChI is InChI=1S/C17H20ClN3O.2ClH/c1-11(19)16-4-2-3-9-21(16)17(22)14-8-6-12-5-7-13(18)10-15(12)20-14;;/h5-8,10-11,16H,2-4,9,19H2,1H3;2*1H. The summed E-state index contributed by atoms with van der Waals surface area (Å²) in [5.41, 5.74) is 7.26. The fourth-order valence-corrected chi connectivity index (χ4v) is 3.28. The molecular formula is C17H22Cl3N3O. The molecule has 7 heteroatoms. The third-order valence-corrected chi connectivity index (χ3v) is 4.53. The maximum absolute atomic E-state index is 12.8. The zero-order valence-corrected chi connectivity index (χ0v) is 15.8. The van der Waals surface area contributed by atoms with Gasteiger partial charge in [0.25, 0.3) is 5.91 Å². The molecule has 132 valence electrons. The Balaban J connectivity index is 0.00000144. The van der Waals surface area contributed by atoms with Crippen molar-refractivity contribution in [2.45, 2.75) is 38.3 Å². The molecule has 0 bridgehead atoms. The molecule has 0 saturated carbocycles. The van der Waals surface area contributed by atoms with Gasteiger partial charge in [-0.15, -0.1) is 24.8 Å². The van der Waals surface area contributed by atoms with Gasteiger partial charge < -0.3 is 10.6 Å². The number of benzene rings is 1. The van der Waals surface area contributed by atoms with Crippen LogP contribution in [0.3, 0.4) is 0 Å². The van der Waals surface area contributed by atoms with Crippen LogP contribution >= 0.6 is 36.4 Å². The fourth-order valence-electron chi connectivity index (χ4n) is 3.11. The maximum Gasteiger partial charge on any atom is 0.272 e. The Morgan fingerprint density at radius 3 is 2.71 bits per heavy atom. The van der Waals surface area contributed by atoms with Gasteiger partial charge in [0.2, 0.25) is 0 Å². The molecule has 3 rings (SSSR count). The second kappa shape index (κ2) is 8.86. The minimum Gasteiger partial charge on any atom is -0.333 e. The number of carbonyl (C=O) groups excluding carboxylic acids is 1. The second-order valence-corrected chi connectivity index (χ2v) is 6.39. The molecule has 1 aliphatic heterocycles. The number of halogens is 3. The lowest BCUT2D eigenvalue weighted by molar-refractivity contribution is 0.0578. The summed E-state index contributed by atoms with van der Waals surface area (Å²) in [4.78, 5) is 19.2. The zero-order chi connectivity index (χ0) is 15.7. The summed E-state index contributed by atoms with van der Waals surface area (Å²) < 4.78 is 0. The summed E-state index contributed by atoms with van der Waals surface area (Å²) in [6.45, 7) is 2.71. The third kappa shape index (κ3) is 4.31. The fraction of sp³-hybridized carbons (Fsp3) is 0.412. The van der Waals surface area contributed by atoms with Crippen LogP contribution in [0.4, 0.5) is 0 Å². The monoisotopic (exact) mass is 389 g/mol. The number of carbonyl (C=O) groups is 1. The van der Waals surface area contributed by atoms with Crippen LogP contribution in [0.5, 0.6) is 0 Å². The van der Waals surface area contributed by atoms with E-state index in [1.807, 2.05) is 30.0 Å². The molecule has 2 N–H and O–H groups in total. The van der Waals surface area contributed by atoms with E-state index in [-0.39, 0.29) is 42.8 Å². The van der Waals surface area contributed by atoms with Crippen molar-refractivity contribution < 1.29 is 4.79 Å². The van der Waals surface area contributed by atoms with Gasteiger partial charge in [-0.25, -0.2) is 4.98 Å². The first kappa shape index (κ1) is 21.0. The van der Waals surface area contributed by atoms with Gasteiger partial charge in [0.1, 0.15) is 5.69 Å². The molecule has 4 nitrogen and oxygen atoms in total.